The van der Waals surface area contributed by atoms with Gasteiger partial charge in [0.15, 0.2) is 0 Å². The normalized spacial score (nSPS) is 10.4. The van der Waals surface area contributed by atoms with E-state index in [4.69, 9.17) is 0 Å². The predicted molar refractivity (Wildman–Crippen MR) is 108 cm³/mol. The summed E-state index contributed by atoms with van der Waals surface area (Å²) in [4.78, 5) is 22.5. The van der Waals surface area contributed by atoms with Crippen LogP contribution >= 0.6 is 0 Å². The Morgan fingerprint density at radius 3 is 2.41 bits per heavy atom. The van der Waals surface area contributed by atoms with Gasteiger partial charge in [0.1, 0.15) is 5.69 Å². The van der Waals surface area contributed by atoms with E-state index in [0.717, 1.165) is 30.6 Å². The lowest BCUT2D eigenvalue weighted by Gasteiger charge is -2.17. The molecule has 0 aliphatic carbocycles. The number of rotatable bonds is 8. The first kappa shape index (κ1) is 18.6. The molecule has 3 aromatic rings. The number of hydrogen-bond acceptors (Lipinski definition) is 4. The van der Waals surface area contributed by atoms with E-state index in [0.29, 0.717) is 12.2 Å². The number of hydrogen-bond donors (Lipinski definition) is 1. The summed E-state index contributed by atoms with van der Waals surface area (Å²) in [5.74, 6) is -0.0695. The molecule has 0 unspecified atom stereocenters. The first-order valence-electron chi connectivity index (χ1n) is 9.10. The highest BCUT2D eigenvalue weighted by Gasteiger charge is 2.12. The van der Waals surface area contributed by atoms with Crippen molar-refractivity contribution in [2.24, 2.45) is 0 Å². The predicted octanol–water partition coefficient (Wildman–Crippen LogP) is 3.45. The molecule has 0 fully saturated rings. The van der Waals surface area contributed by atoms with E-state index in [1.54, 1.807) is 36.6 Å². The molecule has 1 amide bonds. The van der Waals surface area contributed by atoms with Crippen molar-refractivity contribution in [3.8, 4) is 0 Å². The second-order valence-corrected chi connectivity index (χ2v) is 6.43. The van der Waals surface area contributed by atoms with Gasteiger partial charge in [-0.25, -0.2) is 4.98 Å². The maximum Gasteiger partial charge on any atom is 0.272 e. The average Bonchev–Trinajstić information content (AvgIpc) is 2.73. The van der Waals surface area contributed by atoms with E-state index in [1.165, 1.54) is 5.56 Å². The second kappa shape index (κ2) is 9.48. The highest BCUT2D eigenvalue weighted by molar-refractivity contribution is 5.92. The molecule has 0 bridgehead atoms. The smallest absolute Gasteiger partial charge is 0.272 e. The Hall–Kier alpha value is -3.21. The topological polar surface area (TPSA) is 58.1 Å². The molecular weight excluding hydrogens is 336 g/mol. The molecule has 0 atom stereocenters. The standard InChI is InChI=1S/C22H24N4O/c1-26(16-12-19-9-13-23-14-10-19)22(27)21-8-7-20(17-25-21)24-15-11-18-5-3-2-4-6-18/h2-10,13-14,17,24H,11-12,15-16H2,1H3. The van der Waals surface area contributed by atoms with Crippen molar-refractivity contribution in [2.45, 2.75) is 12.8 Å². The van der Waals surface area contributed by atoms with Crippen molar-refractivity contribution in [3.63, 3.8) is 0 Å². The summed E-state index contributed by atoms with van der Waals surface area (Å²) in [5.41, 5.74) is 3.83. The molecule has 0 aliphatic heterocycles. The fourth-order valence-corrected chi connectivity index (χ4v) is 2.76. The van der Waals surface area contributed by atoms with Gasteiger partial charge in [-0.2, -0.15) is 0 Å². The van der Waals surface area contributed by atoms with E-state index in [1.807, 2.05) is 36.4 Å². The quantitative estimate of drug-likeness (QED) is 0.668. The Balaban J connectivity index is 1.47. The number of carbonyl (C=O) groups excluding carboxylic acids is 1. The van der Waals surface area contributed by atoms with Crippen LogP contribution in [0.3, 0.4) is 0 Å². The molecular formula is C22H24N4O. The Morgan fingerprint density at radius 1 is 0.963 bits per heavy atom. The number of pyridine rings is 2. The molecule has 3 rings (SSSR count). The third-order valence-corrected chi connectivity index (χ3v) is 4.40. The third kappa shape index (κ3) is 5.64. The van der Waals surface area contributed by atoms with Crippen LogP contribution in [0.2, 0.25) is 0 Å². The number of likely N-dealkylation sites (N-methyl/N-ethyl adjacent to an activating group) is 1. The van der Waals surface area contributed by atoms with Gasteiger partial charge in [-0.05, 0) is 48.2 Å². The van der Waals surface area contributed by atoms with Gasteiger partial charge < -0.3 is 10.2 Å². The summed E-state index contributed by atoms with van der Waals surface area (Å²) in [6.45, 7) is 1.46. The molecule has 0 radical (unpaired) electrons. The number of amides is 1. The first-order valence-corrected chi connectivity index (χ1v) is 9.10. The van der Waals surface area contributed by atoms with Gasteiger partial charge in [-0.3, -0.25) is 9.78 Å². The molecule has 0 spiro atoms. The van der Waals surface area contributed by atoms with Gasteiger partial charge in [0.2, 0.25) is 0 Å². The summed E-state index contributed by atoms with van der Waals surface area (Å²) < 4.78 is 0. The van der Waals surface area contributed by atoms with E-state index < -0.39 is 0 Å². The lowest BCUT2D eigenvalue weighted by atomic mass is 10.1. The van der Waals surface area contributed by atoms with Crippen LogP contribution in [0.15, 0.2) is 73.2 Å². The Morgan fingerprint density at radius 2 is 1.70 bits per heavy atom. The molecule has 0 saturated heterocycles. The maximum atomic E-state index is 12.5. The van der Waals surface area contributed by atoms with Gasteiger partial charge in [0.05, 0.1) is 11.9 Å². The summed E-state index contributed by atoms with van der Waals surface area (Å²) in [6.07, 6.45) is 6.99. The van der Waals surface area contributed by atoms with Crippen LogP contribution in [0.25, 0.3) is 0 Å². The zero-order chi connectivity index (χ0) is 18.9. The van der Waals surface area contributed by atoms with Crippen molar-refractivity contribution >= 4 is 11.6 Å². The first-order chi connectivity index (χ1) is 13.2. The van der Waals surface area contributed by atoms with Crippen molar-refractivity contribution < 1.29 is 4.79 Å². The van der Waals surface area contributed by atoms with Crippen LogP contribution in [-0.2, 0) is 12.8 Å². The number of anilines is 1. The molecule has 138 valence electrons. The van der Waals surface area contributed by atoms with Gasteiger partial charge in [0.25, 0.3) is 5.91 Å². The van der Waals surface area contributed by atoms with E-state index in [2.05, 4.69) is 27.4 Å². The molecule has 0 saturated carbocycles. The van der Waals surface area contributed by atoms with Gasteiger partial charge in [-0.1, -0.05) is 30.3 Å². The third-order valence-electron chi connectivity index (χ3n) is 4.40. The van der Waals surface area contributed by atoms with Crippen LogP contribution in [0.1, 0.15) is 21.6 Å². The summed E-state index contributed by atoms with van der Waals surface area (Å²) in [5, 5.41) is 3.34. The highest BCUT2D eigenvalue weighted by Crippen LogP contribution is 2.09. The van der Waals surface area contributed by atoms with Crippen LogP contribution in [0.4, 0.5) is 5.69 Å². The number of benzene rings is 1. The monoisotopic (exact) mass is 360 g/mol. The molecule has 1 aromatic carbocycles. The van der Waals surface area contributed by atoms with Gasteiger partial charge in [-0.15, -0.1) is 0 Å². The zero-order valence-corrected chi connectivity index (χ0v) is 15.5. The van der Waals surface area contributed by atoms with Crippen LogP contribution in [0, 0.1) is 0 Å². The summed E-state index contributed by atoms with van der Waals surface area (Å²) >= 11 is 0. The fourth-order valence-electron chi connectivity index (χ4n) is 2.76. The molecule has 2 heterocycles. The van der Waals surface area contributed by atoms with Crippen LogP contribution in [-0.4, -0.2) is 40.9 Å². The van der Waals surface area contributed by atoms with E-state index >= 15 is 0 Å². The van der Waals surface area contributed by atoms with Gasteiger partial charge >= 0.3 is 0 Å². The Labute approximate surface area is 160 Å². The molecule has 0 aliphatic rings. The molecule has 1 N–H and O–H groups in total. The molecule has 2 aromatic heterocycles. The van der Waals surface area contributed by atoms with Crippen molar-refractivity contribution in [2.75, 3.05) is 25.5 Å². The minimum Gasteiger partial charge on any atom is -0.383 e. The lowest BCUT2D eigenvalue weighted by molar-refractivity contribution is 0.0791. The molecule has 5 nitrogen and oxygen atoms in total. The molecule has 5 heteroatoms. The summed E-state index contributed by atoms with van der Waals surface area (Å²) in [6, 6.07) is 17.9. The average molecular weight is 360 g/mol. The van der Waals surface area contributed by atoms with Crippen molar-refractivity contribution in [1.29, 1.82) is 0 Å². The van der Waals surface area contributed by atoms with Gasteiger partial charge in [0, 0.05) is 32.5 Å². The largest absolute Gasteiger partial charge is 0.383 e. The number of aromatic nitrogens is 2. The summed E-state index contributed by atoms with van der Waals surface area (Å²) in [7, 11) is 1.80. The fraction of sp³-hybridized carbons (Fsp3) is 0.227. The Bertz CT molecular complexity index is 835. The number of carbonyl (C=O) groups is 1. The van der Waals surface area contributed by atoms with E-state index in [9.17, 15) is 4.79 Å². The minimum atomic E-state index is -0.0695. The highest BCUT2D eigenvalue weighted by atomic mass is 16.2. The van der Waals surface area contributed by atoms with Crippen LogP contribution in [0.5, 0.6) is 0 Å². The molecule has 27 heavy (non-hydrogen) atoms. The Kier molecular flexibility index (Phi) is 6.52. The SMILES string of the molecule is CN(CCc1ccncc1)C(=O)c1ccc(NCCc2ccccc2)cn1. The number of nitrogens with zero attached hydrogens (tertiary/aromatic N) is 3. The van der Waals surface area contributed by atoms with Crippen molar-refractivity contribution in [1.82, 2.24) is 14.9 Å². The van der Waals surface area contributed by atoms with Crippen LogP contribution < -0.4 is 5.32 Å². The maximum absolute atomic E-state index is 12.5. The lowest BCUT2D eigenvalue weighted by Crippen LogP contribution is -2.29. The van der Waals surface area contributed by atoms with Crippen molar-refractivity contribution in [3.05, 3.63) is 90.0 Å². The minimum absolute atomic E-state index is 0.0695. The second-order valence-electron chi connectivity index (χ2n) is 6.43. The van der Waals surface area contributed by atoms with E-state index in [-0.39, 0.29) is 5.91 Å². The zero-order valence-electron chi connectivity index (χ0n) is 15.5. The number of nitrogens with one attached hydrogen (secondary N) is 1.